The van der Waals surface area contributed by atoms with Gasteiger partial charge in [-0.1, -0.05) is 32.9 Å². The van der Waals surface area contributed by atoms with Crippen molar-refractivity contribution >= 4 is 23.1 Å². The number of H-pyrrole nitrogens is 1. The Morgan fingerprint density at radius 1 is 1.10 bits per heavy atom. The third kappa shape index (κ3) is 5.17. The summed E-state index contributed by atoms with van der Waals surface area (Å²) in [4.78, 5) is 31.7. The maximum absolute atomic E-state index is 11.8. The van der Waals surface area contributed by atoms with Crippen molar-refractivity contribution in [3.8, 4) is 22.9 Å². The minimum Gasteiger partial charge on any atom is -0.507 e. The number of carboxylic acid groups (broad SMARTS) is 1. The first-order valence-corrected chi connectivity index (χ1v) is 17.5. The number of phenolic OH excluding ortho intramolecular Hbond substituents is 1. The van der Waals surface area contributed by atoms with Crippen LogP contribution in [0.3, 0.4) is 0 Å². The molecule has 3 aromatic heterocycles. The van der Waals surface area contributed by atoms with Gasteiger partial charge >= 0.3 is 6.09 Å². The summed E-state index contributed by atoms with van der Waals surface area (Å²) in [5, 5.41) is 30.0. The molecule has 49 heavy (non-hydrogen) atoms. The number of nitrogens with zero attached hydrogens (tertiary/aromatic N) is 7. The van der Waals surface area contributed by atoms with Crippen molar-refractivity contribution < 1.29 is 19.7 Å². The van der Waals surface area contributed by atoms with Crippen LogP contribution in [0.25, 0.3) is 22.3 Å². The Morgan fingerprint density at radius 2 is 1.86 bits per heavy atom. The van der Waals surface area contributed by atoms with Crippen molar-refractivity contribution in [2.24, 2.45) is 10.8 Å². The number of benzene rings is 1. The van der Waals surface area contributed by atoms with Crippen molar-refractivity contribution in [2.75, 3.05) is 38.2 Å². The number of hydrogen-bond acceptors (Lipinski definition) is 9. The minimum absolute atomic E-state index is 0.0142. The second kappa shape index (κ2) is 11.6. The van der Waals surface area contributed by atoms with Gasteiger partial charge in [0.25, 0.3) is 0 Å². The molecule has 4 aromatic rings. The number of para-hydroxylation sites is 1. The zero-order valence-electron chi connectivity index (χ0n) is 29.0. The second-order valence-electron chi connectivity index (χ2n) is 15.7. The van der Waals surface area contributed by atoms with Crippen LogP contribution in [0.2, 0.25) is 0 Å². The quantitative estimate of drug-likeness (QED) is 0.232. The molecule has 4 aliphatic rings. The molecule has 3 N–H and O–H groups in total. The number of likely N-dealkylation sites (tertiary alicyclic amines) is 2. The summed E-state index contributed by atoms with van der Waals surface area (Å²) in [5.74, 6) is 1.80. The molecule has 0 radical (unpaired) electrons. The third-order valence-electron chi connectivity index (χ3n) is 11.8. The molecule has 258 valence electrons. The molecule has 1 amide bonds. The normalized spacial score (nSPS) is 26.0. The lowest BCUT2D eigenvalue weighted by molar-refractivity contribution is -0.180. The Morgan fingerprint density at radius 3 is 2.55 bits per heavy atom. The molecule has 2 saturated heterocycles. The highest BCUT2D eigenvalue weighted by atomic mass is 16.5. The smallest absolute Gasteiger partial charge is 0.407 e. The first-order chi connectivity index (χ1) is 23.5. The van der Waals surface area contributed by atoms with Gasteiger partial charge in [0.2, 0.25) is 11.8 Å². The molecular formula is C37H46N8O4. The third-order valence-corrected chi connectivity index (χ3v) is 11.8. The van der Waals surface area contributed by atoms with Gasteiger partial charge in [0.05, 0.1) is 18.8 Å². The van der Waals surface area contributed by atoms with Gasteiger partial charge in [-0.15, -0.1) is 10.2 Å². The molecule has 12 nitrogen and oxygen atoms in total. The summed E-state index contributed by atoms with van der Waals surface area (Å²) in [5.41, 5.74) is 5.44. The van der Waals surface area contributed by atoms with E-state index in [1.54, 1.807) is 24.1 Å². The number of fused-ring (bicyclic) bond motifs is 3. The van der Waals surface area contributed by atoms with E-state index in [1.165, 1.54) is 0 Å². The Balaban J connectivity index is 0.956. The molecule has 0 unspecified atom stereocenters. The number of phenols is 1. The van der Waals surface area contributed by atoms with Crippen LogP contribution < -0.4 is 9.64 Å². The van der Waals surface area contributed by atoms with Gasteiger partial charge < -0.3 is 34.6 Å². The van der Waals surface area contributed by atoms with Gasteiger partial charge in [-0.05, 0) is 75.2 Å². The lowest BCUT2D eigenvalue weighted by atomic mass is 9.50. The second-order valence-corrected chi connectivity index (χ2v) is 15.7. The largest absolute Gasteiger partial charge is 0.507 e. The zero-order chi connectivity index (χ0) is 34.2. The molecule has 1 saturated carbocycles. The highest BCUT2D eigenvalue weighted by Gasteiger charge is 2.64. The van der Waals surface area contributed by atoms with Crippen molar-refractivity contribution in [3.63, 3.8) is 0 Å². The van der Waals surface area contributed by atoms with Gasteiger partial charge in [-0.2, -0.15) is 4.98 Å². The molecule has 2 atom stereocenters. The summed E-state index contributed by atoms with van der Waals surface area (Å²) in [7, 11) is 1.69. The predicted octanol–water partition coefficient (Wildman–Crippen LogP) is 5.99. The number of aromatic amines is 1. The molecule has 8 rings (SSSR count). The fourth-order valence-electron chi connectivity index (χ4n) is 9.73. The fraction of sp³-hybridized carbons (Fsp3) is 0.541. The van der Waals surface area contributed by atoms with E-state index in [4.69, 9.17) is 14.7 Å². The average molecular weight is 667 g/mol. The highest BCUT2D eigenvalue weighted by molar-refractivity contribution is 5.86. The number of ether oxygens (including phenoxy) is 1. The van der Waals surface area contributed by atoms with E-state index >= 15 is 0 Å². The average Bonchev–Trinajstić information content (AvgIpc) is 3.42. The van der Waals surface area contributed by atoms with E-state index in [2.05, 4.69) is 52.7 Å². The van der Waals surface area contributed by atoms with E-state index in [1.807, 2.05) is 24.4 Å². The van der Waals surface area contributed by atoms with Crippen molar-refractivity contribution in [1.29, 1.82) is 0 Å². The van der Waals surface area contributed by atoms with Gasteiger partial charge in [-0.25, -0.2) is 9.78 Å². The number of methoxy groups -OCH3 is 1. The summed E-state index contributed by atoms with van der Waals surface area (Å²) >= 11 is 0. The predicted molar refractivity (Wildman–Crippen MR) is 186 cm³/mol. The summed E-state index contributed by atoms with van der Waals surface area (Å²) in [6, 6.07) is 9.80. The van der Waals surface area contributed by atoms with Crippen molar-refractivity contribution in [2.45, 2.75) is 83.8 Å². The number of piperidine rings is 1. The lowest BCUT2D eigenvalue weighted by Crippen LogP contribution is -2.76. The van der Waals surface area contributed by atoms with Crippen LogP contribution in [-0.4, -0.2) is 96.6 Å². The van der Waals surface area contributed by atoms with Gasteiger partial charge in [0.1, 0.15) is 5.75 Å². The van der Waals surface area contributed by atoms with Crippen LogP contribution in [0.1, 0.15) is 82.2 Å². The Kier molecular flexibility index (Phi) is 7.51. The number of aromatic nitrogens is 5. The number of rotatable bonds is 5. The summed E-state index contributed by atoms with van der Waals surface area (Å²) < 4.78 is 5.90. The molecule has 1 aromatic carbocycles. The lowest BCUT2D eigenvalue weighted by Gasteiger charge is -2.68. The molecule has 0 bridgehead atoms. The Bertz CT molecular complexity index is 1910. The van der Waals surface area contributed by atoms with Crippen molar-refractivity contribution in [3.05, 3.63) is 53.3 Å². The van der Waals surface area contributed by atoms with Crippen LogP contribution in [0.4, 0.5) is 10.7 Å². The van der Waals surface area contributed by atoms with Gasteiger partial charge in [0, 0.05) is 71.0 Å². The van der Waals surface area contributed by atoms with Crippen LogP contribution in [0.15, 0.2) is 36.5 Å². The van der Waals surface area contributed by atoms with Crippen LogP contribution >= 0.6 is 0 Å². The Labute approximate surface area is 286 Å². The maximum Gasteiger partial charge on any atom is 0.407 e. The fourth-order valence-corrected chi connectivity index (χ4v) is 9.73. The first-order valence-electron chi connectivity index (χ1n) is 17.5. The molecular weight excluding hydrogens is 620 g/mol. The molecule has 1 spiro atoms. The Hall–Kier alpha value is -4.45. The summed E-state index contributed by atoms with van der Waals surface area (Å²) in [6.07, 6.45) is 6.18. The number of aromatic hydroxyl groups is 1. The number of amides is 1. The topological polar surface area (TPSA) is 144 Å². The van der Waals surface area contributed by atoms with Crippen LogP contribution in [0.5, 0.6) is 11.6 Å². The maximum atomic E-state index is 11.8. The number of hydrogen-bond donors (Lipinski definition) is 3. The monoisotopic (exact) mass is 666 g/mol. The first kappa shape index (κ1) is 31.8. The summed E-state index contributed by atoms with van der Waals surface area (Å²) in [6.45, 7) is 12.1. The minimum atomic E-state index is -0.788. The van der Waals surface area contributed by atoms with E-state index in [0.717, 1.165) is 79.6 Å². The number of carbonyl (C=O) groups is 1. The van der Waals surface area contributed by atoms with E-state index in [9.17, 15) is 15.0 Å². The SMILES string of the molecule is COc1nc(N2CCc3[nH]c4nnc(-c5ccccc5O)cc4c3[C@H]2C)ncc1C1CCN(C2CC3(C2)CN(C(=O)O)[C@@H]3C(C)(C)C)CC1. The molecule has 1 aliphatic carbocycles. The van der Waals surface area contributed by atoms with Gasteiger partial charge in [0.15, 0.2) is 5.65 Å². The van der Waals surface area contributed by atoms with Crippen molar-refractivity contribution in [1.82, 2.24) is 34.9 Å². The highest BCUT2D eigenvalue weighted by Crippen LogP contribution is 2.59. The van der Waals surface area contributed by atoms with E-state index in [0.29, 0.717) is 41.6 Å². The standard InChI is InChI=1S/C37H46N8O4/c1-21-30-25-16-28(24-8-6-7-9-29(24)46)41-42-31(25)39-27(30)12-15-44(21)34-38-19-26(32(40-34)49-5)22-10-13-43(14-11-22)23-17-37(18-23)20-45(35(47)48)33(37)36(2,3)4/h6-9,16,19,21-23,33,46H,10-15,17-18,20H2,1-5H3,(H,39,42)(H,47,48)/t21-,23?,33-,37?/m1/s1. The number of anilines is 1. The van der Waals surface area contributed by atoms with Gasteiger partial charge in [-0.3, -0.25) is 0 Å². The molecule has 3 aliphatic heterocycles. The molecule has 12 heteroatoms. The van der Waals surface area contributed by atoms with E-state index < -0.39 is 6.09 Å². The molecule has 6 heterocycles. The number of nitrogens with one attached hydrogen (secondary N) is 1. The van der Waals surface area contributed by atoms with Crippen LogP contribution in [0, 0.1) is 10.8 Å². The zero-order valence-corrected chi connectivity index (χ0v) is 29.0. The van der Waals surface area contributed by atoms with E-state index in [-0.39, 0.29) is 28.7 Å². The molecule has 3 fully saturated rings. The van der Waals surface area contributed by atoms with Crippen LogP contribution in [-0.2, 0) is 6.42 Å².